The van der Waals surface area contributed by atoms with E-state index in [0.29, 0.717) is 39.0 Å². The molecule has 0 aromatic heterocycles. The third-order valence-electron chi connectivity index (χ3n) is 2.53. The molecule has 1 amide bonds. The van der Waals surface area contributed by atoms with E-state index in [1.165, 1.54) is 11.8 Å². The number of amides is 1. The average Bonchev–Trinajstić information content (AvgIpc) is 2.43. The summed E-state index contributed by atoms with van der Waals surface area (Å²) in [6.07, 6.45) is 1.33. The Morgan fingerprint density at radius 1 is 1.10 bits per heavy atom. The molecule has 0 unspecified atom stereocenters. The van der Waals surface area contributed by atoms with Crippen LogP contribution < -0.4 is 11.5 Å². The number of nitrogens with two attached hydrogens (primary N) is 2. The molecule has 0 radical (unpaired) electrons. The van der Waals surface area contributed by atoms with Gasteiger partial charge in [-0.2, -0.15) is 0 Å². The summed E-state index contributed by atoms with van der Waals surface area (Å²) in [5.74, 6) is -0.309. The number of hydrogen-bond acceptors (Lipinski definition) is 5. The largest absolute Gasteiger partial charge is 0.380 e. The maximum atomic E-state index is 11.7. The van der Waals surface area contributed by atoms with Crippen molar-refractivity contribution in [2.75, 3.05) is 19.8 Å². The first kappa shape index (κ1) is 16.7. The first-order valence-corrected chi connectivity index (χ1v) is 7.29. The predicted octanol–water partition coefficient (Wildman–Crippen LogP) is 1.09. The quantitative estimate of drug-likeness (QED) is 0.525. The van der Waals surface area contributed by atoms with E-state index in [1.807, 2.05) is 24.3 Å². The van der Waals surface area contributed by atoms with E-state index in [4.69, 9.17) is 16.2 Å². The number of ether oxygens (including phenoxy) is 1. The van der Waals surface area contributed by atoms with Crippen LogP contribution in [0.4, 0.5) is 0 Å². The van der Waals surface area contributed by atoms with Crippen molar-refractivity contribution in [2.45, 2.75) is 24.2 Å². The smallest absolute Gasteiger partial charge is 0.217 e. The summed E-state index contributed by atoms with van der Waals surface area (Å²) in [6, 6.07) is 7.56. The number of carbonyl (C=O) groups is 2. The molecule has 5 nitrogen and oxygen atoms in total. The first-order chi connectivity index (χ1) is 9.61. The van der Waals surface area contributed by atoms with Gasteiger partial charge in [0.15, 0.2) is 5.12 Å². The predicted molar refractivity (Wildman–Crippen MR) is 79.3 cm³/mol. The minimum atomic E-state index is -0.309. The van der Waals surface area contributed by atoms with E-state index in [-0.39, 0.29) is 11.0 Å². The van der Waals surface area contributed by atoms with E-state index in [1.54, 1.807) is 0 Å². The van der Waals surface area contributed by atoms with E-state index < -0.39 is 0 Å². The Balaban J connectivity index is 2.33. The fourth-order valence-corrected chi connectivity index (χ4v) is 2.24. The molecule has 0 aliphatic rings. The summed E-state index contributed by atoms with van der Waals surface area (Å²) < 4.78 is 5.16. The number of thioether (sulfide) groups is 1. The molecular formula is C14H20N2O3S. The summed E-state index contributed by atoms with van der Waals surface area (Å²) in [4.78, 5) is 23.2. The fraction of sp³-hybridized carbons (Fsp3) is 0.429. The normalized spacial score (nSPS) is 10.4. The fourth-order valence-electron chi connectivity index (χ4n) is 1.52. The van der Waals surface area contributed by atoms with E-state index in [0.717, 1.165) is 10.5 Å². The second-order valence-corrected chi connectivity index (χ2v) is 5.37. The molecule has 0 aliphatic carbocycles. The minimum Gasteiger partial charge on any atom is -0.380 e. The SMILES string of the molecule is NCCOCCC(=O)Sc1ccc(CCC(N)=O)cc1. The molecule has 0 saturated carbocycles. The number of rotatable bonds is 9. The Bertz CT molecular complexity index is 435. The standard InChI is InChI=1S/C14H20N2O3S/c15-8-10-19-9-7-14(18)20-12-4-1-11(2-5-12)3-6-13(16)17/h1-2,4-5H,3,6-10,15H2,(H2,16,17). The van der Waals surface area contributed by atoms with Crippen LogP contribution in [0.5, 0.6) is 0 Å². The molecule has 20 heavy (non-hydrogen) atoms. The zero-order valence-corrected chi connectivity index (χ0v) is 12.2. The zero-order chi connectivity index (χ0) is 14.8. The number of carbonyl (C=O) groups excluding carboxylic acids is 2. The summed E-state index contributed by atoms with van der Waals surface area (Å²) in [7, 11) is 0. The summed E-state index contributed by atoms with van der Waals surface area (Å²) >= 11 is 1.19. The van der Waals surface area contributed by atoms with Crippen molar-refractivity contribution in [1.29, 1.82) is 0 Å². The number of aryl methyl sites for hydroxylation is 1. The highest BCUT2D eigenvalue weighted by atomic mass is 32.2. The van der Waals surface area contributed by atoms with Crippen LogP contribution in [0.25, 0.3) is 0 Å². The van der Waals surface area contributed by atoms with Gasteiger partial charge in [-0.25, -0.2) is 0 Å². The molecule has 6 heteroatoms. The van der Waals surface area contributed by atoms with Crippen LogP contribution in [0.1, 0.15) is 18.4 Å². The Labute approximate surface area is 123 Å². The molecule has 0 saturated heterocycles. The van der Waals surface area contributed by atoms with Crippen molar-refractivity contribution in [3.63, 3.8) is 0 Å². The molecular weight excluding hydrogens is 276 g/mol. The van der Waals surface area contributed by atoms with Gasteiger partial charge in [-0.1, -0.05) is 23.9 Å². The van der Waals surface area contributed by atoms with Gasteiger partial charge in [0.1, 0.15) is 0 Å². The average molecular weight is 296 g/mol. The number of primary amides is 1. The molecule has 4 N–H and O–H groups in total. The van der Waals surface area contributed by atoms with Gasteiger partial charge in [-0.15, -0.1) is 0 Å². The molecule has 1 rings (SSSR count). The lowest BCUT2D eigenvalue weighted by Gasteiger charge is -2.04. The van der Waals surface area contributed by atoms with Crippen LogP contribution in [0.2, 0.25) is 0 Å². The maximum absolute atomic E-state index is 11.7. The van der Waals surface area contributed by atoms with Gasteiger partial charge < -0.3 is 16.2 Å². The number of hydrogen-bond donors (Lipinski definition) is 2. The van der Waals surface area contributed by atoms with Gasteiger partial charge in [0.25, 0.3) is 0 Å². The molecule has 0 spiro atoms. The monoisotopic (exact) mass is 296 g/mol. The molecule has 0 heterocycles. The molecule has 1 aromatic carbocycles. The summed E-state index contributed by atoms with van der Waals surface area (Å²) in [5, 5.41) is 0.0620. The van der Waals surface area contributed by atoms with Crippen LogP contribution in [0.15, 0.2) is 29.2 Å². The van der Waals surface area contributed by atoms with E-state index in [2.05, 4.69) is 0 Å². The van der Waals surface area contributed by atoms with Crippen LogP contribution in [0, 0.1) is 0 Å². The molecule has 1 aromatic rings. The zero-order valence-electron chi connectivity index (χ0n) is 11.3. The second-order valence-electron chi connectivity index (χ2n) is 4.24. The van der Waals surface area contributed by atoms with Crippen LogP contribution in [-0.4, -0.2) is 30.8 Å². The molecule has 0 fully saturated rings. The molecule has 110 valence electrons. The van der Waals surface area contributed by atoms with Crippen molar-refractivity contribution in [3.05, 3.63) is 29.8 Å². The van der Waals surface area contributed by atoms with Gasteiger partial charge in [-0.3, -0.25) is 9.59 Å². The number of benzene rings is 1. The van der Waals surface area contributed by atoms with Gasteiger partial charge in [0.05, 0.1) is 13.2 Å². The van der Waals surface area contributed by atoms with Crippen molar-refractivity contribution in [2.24, 2.45) is 11.5 Å². The third kappa shape index (κ3) is 7.28. The Hall–Kier alpha value is -1.37. The van der Waals surface area contributed by atoms with Gasteiger partial charge in [0, 0.05) is 24.3 Å². The van der Waals surface area contributed by atoms with Crippen LogP contribution in [-0.2, 0) is 20.7 Å². The maximum Gasteiger partial charge on any atom is 0.217 e. The van der Waals surface area contributed by atoms with Gasteiger partial charge in [-0.05, 0) is 24.1 Å². The highest BCUT2D eigenvalue weighted by Crippen LogP contribution is 2.21. The topological polar surface area (TPSA) is 95.4 Å². The van der Waals surface area contributed by atoms with Crippen LogP contribution >= 0.6 is 11.8 Å². The second kappa shape index (κ2) is 9.52. The van der Waals surface area contributed by atoms with E-state index in [9.17, 15) is 9.59 Å². The van der Waals surface area contributed by atoms with Gasteiger partial charge >= 0.3 is 0 Å². The first-order valence-electron chi connectivity index (χ1n) is 6.47. The highest BCUT2D eigenvalue weighted by molar-refractivity contribution is 8.13. The summed E-state index contributed by atoms with van der Waals surface area (Å²) in [6.45, 7) is 1.35. The lowest BCUT2D eigenvalue weighted by atomic mass is 10.1. The minimum absolute atomic E-state index is 0.0620. The van der Waals surface area contributed by atoms with Crippen LogP contribution in [0.3, 0.4) is 0 Å². The van der Waals surface area contributed by atoms with Crippen molar-refractivity contribution >= 4 is 22.8 Å². The van der Waals surface area contributed by atoms with Crippen molar-refractivity contribution in [3.8, 4) is 0 Å². The Kier molecular flexibility index (Phi) is 7.94. The third-order valence-corrected chi connectivity index (χ3v) is 3.47. The Morgan fingerprint density at radius 3 is 2.40 bits per heavy atom. The summed E-state index contributed by atoms with van der Waals surface area (Å²) in [5.41, 5.74) is 11.4. The van der Waals surface area contributed by atoms with Gasteiger partial charge in [0.2, 0.25) is 5.91 Å². The lowest BCUT2D eigenvalue weighted by molar-refractivity contribution is -0.118. The van der Waals surface area contributed by atoms with Crippen molar-refractivity contribution < 1.29 is 14.3 Å². The van der Waals surface area contributed by atoms with E-state index >= 15 is 0 Å². The Morgan fingerprint density at radius 2 is 1.80 bits per heavy atom. The lowest BCUT2D eigenvalue weighted by Crippen LogP contribution is -2.11. The molecule has 0 bridgehead atoms. The molecule has 0 atom stereocenters. The molecule has 0 aliphatic heterocycles. The highest BCUT2D eigenvalue weighted by Gasteiger charge is 2.05. The van der Waals surface area contributed by atoms with Crippen molar-refractivity contribution in [1.82, 2.24) is 0 Å².